The number of allylic oxidation sites excluding steroid dienone is 6. The number of aliphatic hydroxyl groups excluding tert-OH is 2. The van der Waals surface area contributed by atoms with Crippen molar-refractivity contribution in [2.75, 3.05) is 13.2 Å². The summed E-state index contributed by atoms with van der Waals surface area (Å²) in [6, 6.07) is -0.539. The molecule has 6 nitrogen and oxygen atoms in total. The van der Waals surface area contributed by atoms with Crippen molar-refractivity contribution in [2.24, 2.45) is 0 Å². The van der Waals surface area contributed by atoms with Gasteiger partial charge in [0.1, 0.15) is 0 Å². The molecule has 454 valence electrons. The van der Waals surface area contributed by atoms with Crippen LogP contribution in [0.2, 0.25) is 0 Å². The second-order valence-corrected chi connectivity index (χ2v) is 23.9. The Morgan fingerprint density at radius 3 is 1.03 bits per heavy atom. The summed E-state index contributed by atoms with van der Waals surface area (Å²) in [4.78, 5) is 24.5. The zero-order chi connectivity index (χ0) is 55.7. The molecule has 0 heterocycles. The molecule has 0 aromatic carbocycles. The number of carbonyl (C=O) groups is 2. The fraction of sp³-hybridized carbons (Fsp3) is 0.887. The van der Waals surface area contributed by atoms with Crippen LogP contribution in [-0.2, 0) is 14.3 Å². The first-order valence-corrected chi connectivity index (χ1v) is 34.7. The van der Waals surface area contributed by atoms with Gasteiger partial charge in [0.2, 0.25) is 5.91 Å². The molecule has 0 saturated carbocycles. The molecule has 2 atom stereocenters. The van der Waals surface area contributed by atoms with Crippen LogP contribution in [0, 0.1) is 0 Å². The van der Waals surface area contributed by atoms with Gasteiger partial charge in [-0.05, 0) is 83.5 Å². The molecule has 0 aromatic rings. The lowest BCUT2D eigenvalue weighted by molar-refractivity contribution is -0.143. The van der Waals surface area contributed by atoms with E-state index >= 15 is 0 Å². The average molecular weight is 1080 g/mol. The van der Waals surface area contributed by atoms with E-state index in [1.807, 2.05) is 0 Å². The summed E-state index contributed by atoms with van der Waals surface area (Å²) in [6.45, 7) is 4.95. The van der Waals surface area contributed by atoms with Gasteiger partial charge < -0.3 is 20.3 Å². The largest absolute Gasteiger partial charge is 0.466 e. The second-order valence-electron chi connectivity index (χ2n) is 23.9. The quantitative estimate of drug-likeness (QED) is 0.0320. The lowest BCUT2D eigenvalue weighted by atomic mass is 10.0. The molecule has 0 aromatic heterocycles. The lowest BCUT2D eigenvalue weighted by Gasteiger charge is -2.22. The molecule has 77 heavy (non-hydrogen) atoms. The zero-order valence-corrected chi connectivity index (χ0v) is 52.0. The maximum absolute atomic E-state index is 12.5. The van der Waals surface area contributed by atoms with Gasteiger partial charge in [-0.25, -0.2) is 0 Å². The van der Waals surface area contributed by atoms with E-state index in [-0.39, 0.29) is 18.5 Å². The topological polar surface area (TPSA) is 95.9 Å². The first-order chi connectivity index (χ1) is 38.0. The fourth-order valence-corrected chi connectivity index (χ4v) is 10.8. The number of nitrogens with one attached hydrogen (secondary N) is 1. The Morgan fingerprint density at radius 1 is 0.364 bits per heavy atom. The third kappa shape index (κ3) is 63.1. The third-order valence-corrected chi connectivity index (χ3v) is 16.2. The standard InChI is InChI=1S/C71H135NO5/c1-3-5-7-9-11-13-15-40-43-47-51-55-59-63-69(74)68(67-73)72-70(75)64-60-56-52-48-44-41-38-36-34-32-30-28-26-24-22-20-18-17-19-21-23-25-27-29-31-33-35-37-39-42-46-50-54-58-62-66-77-71(76)65-61-57-53-49-45-16-14-12-10-8-6-4-2/h12,14,19,21,25,27,68-69,73-74H,3-11,13,15-18,20,22-24,26,28-67H2,1-2H3,(H,72,75)/b14-12-,21-19-,27-25-. The van der Waals surface area contributed by atoms with Crippen LogP contribution in [0.15, 0.2) is 36.5 Å². The fourth-order valence-electron chi connectivity index (χ4n) is 10.8. The molecule has 0 bridgehead atoms. The summed E-state index contributed by atoms with van der Waals surface area (Å²) in [5.74, 6) is -0.0242. The van der Waals surface area contributed by atoms with Crippen LogP contribution in [0.1, 0.15) is 380 Å². The summed E-state index contributed by atoms with van der Waals surface area (Å²) >= 11 is 0. The van der Waals surface area contributed by atoms with Crippen LogP contribution < -0.4 is 5.32 Å². The molecule has 0 aliphatic heterocycles. The van der Waals surface area contributed by atoms with E-state index in [0.717, 1.165) is 51.4 Å². The molecule has 0 radical (unpaired) electrons. The Bertz CT molecular complexity index is 1250. The minimum atomic E-state index is -0.662. The molecule has 2 unspecified atom stereocenters. The first-order valence-electron chi connectivity index (χ1n) is 34.7. The molecule has 0 fully saturated rings. The van der Waals surface area contributed by atoms with Gasteiger partial charge in [0.25, 0.3) is 0 Å². The maximum Gasteiger partial charge on any atom is 0.305 e. The van der Waals surface area contributed by atoms with Crippen molar-refractivity contribution in [3.63, 3.8) is 0 Å². The van der Waals surface area contributed by atoms with Gasteiger partial charge in [0.05, 0.1) is 25.4 Å². The Balaban J connectivity index is 3.36. The predicted octanol–water partition coefficient (Wildman–Crippen LogP) is 22.3. The van der Waals surface area contributed by atoms with E-state index in [4.69, 9.17) is 4.74 Å². The monoisotopic (exact) mass is 1080 g/mol. The number of rotatable bonds is 65. The van der Waals surface area contributed by atoms with Gasteiger partial charge in [0.15, 0.2) is 0 Å². The van der Waals surface area contributed by atoms with E-state index in [1.165, 1.54) is 295 Å². The van der Waals surface area contributed by atoms with Gasteiger partial charge in [-0.2, -0.15) is 0 Å². The van der Waals surface area contributed by atoms with E-state index in [0.29, 0.717) is 25.9 Å². The second kappa shape index (κ2) is 66.6. The van der Waals surface area contributed by atoms with Crippen molar-refractivity contribution in [3.05, 3.63) is 36.5 Å². The van der Waals surface area contributed by atoms with E-state index in [2.05, 4.69) is 55.6 Å². The Morgan fingerprint density at radius 2 is 0.649 bits per heavy atom. The van der Waals surface area contributed by atoms with Gasteiger partial charge in [-0.15, -0.1) is 0 Å². The Kier molecular flexibility index (Phi) is 64.9. The van der Waals surface area contributed by atoms with Crippen molar-refractivity contribution in [2.45, 2.75) is 392 Å². The van der Waals surface area contributed by atoms with Crippen LogP contribution in [0.3, 0.4) is 0 Å². The molecule has 6 heteroatoms. The molecule has 0 rings (SSSR count). The smallest absolute Gasteiger partial charge is 0.305 e. The molecule has 0 aliphatic rings. The van der Waals surface area contributed by atoms with Crippen LogP contribution >= 0.6 is 0 Å². The first kappa shape index (κ1) is 75.1. The van der Waals surface area contributed by atoms with E-state index < -0.39 is 12.1 Å². The molecule has 3 N–H and O–H groups in total. The number of aliphatic hydroxyl groups is 2. The molecular weight excluding hydrogens is 947 g/mol. The lowest BCUT2D eigenvalue weighted by Crippen LogP contribution is -2.45. The van der Waals surface area contributed by atoms with E-state index in [1.54, 1.807) is 0 Å². The van der Waals surface area contributed by atoms with Crippen molar-refractivity contribution < 1.29 is 24.5 Å². The van der Waals surface area contributed by atoms with Gasteiger partial charge in [-0.3, -0.25) is 9.59 Å². The number of hydrogen-bond acceptors (Lipinski definition) is 5. The van der Waals surface area contributed by atoms with Crippen LogP contribution in [0.4, 0.5) is 0 Å². The molecular formula is C71H135NO5. The SMILES string of the molecule is CCCCC/C=C\CCCCCCCC(=O)OCCCCCCCCCCCCC/C=C\C/C=C\CCCCCCCCCCCCCCCCCCCC(=O)NC(CO)C(O)CCCCCCCCCCCCCCC. The van der Waals surface area contributed by atoms with Crippen LogP contribution in [-0.4, -0.2) is 47.4 Å². The minimum absolute atomic E-state index is 0.00678. The van der Waals surface area contributed by atoms with Crippen molar-refractivity contribution in [3.8, 4) is 0 Å². The number of ether oxygens (including phenoxy) is 1. The average Bonchev–Trinajstić information content (AvgIpc) is 3.43. The Hall–Kier alpha value is -1.92. The van der Waals surface area contributed by atoms with Crippen molar-refractivity contribution in [1.29, 1.82) is 0 Å². The molecule has 0 aliphatic carbocycles. The predicted molar refractivity (Wildman–Crippen MR) is 338 cm³/mol. The van der Waals surface area contributed by atoms with Gasteiger partial charge in [0, 0.05) is 12.8 Å². The van der Waals surface area contributed by atoms with E-state index in [9.17, 15) is 19.8 Å². The maximum atomic E-state index is 12.5. The Labute approximate surface area is 481 Å². The molecule has 0 saturated heterocycles. The zero-order valence-electron chi connectivity index (χ0n) is 52.0. The van der Waals surface area contributed by atoms with Gasteiger partial charge in [-0.1, -0.05) is 320 Å². The van der Waals surface area contributed by atoms with Gasteiger partial charge >= 0.3 is 5.97 Å². The highest BCUT2D eigenvalue weighted by atomic mass is 16.5. The third-order valence-electron chi connectivity index (χ3n) is 16.2. The number of amides is 1. The summed E-state index contributed by atoms with van der Waals surface area (Å²) in [5.41, 5.74) is 0. The number of carbonyl (C=O) groups excluding carboxylic acids is 2. The number of esters is 1. The van der Waals surface area contributed by atoms with Crippen LogP contribution in [0.25, 0.3) is 0 Å². The van der Waals surface area contributed by atoms with Crippen molar-refractivity contribution >= 4 is 11.9 Å². The van der Waals surface area contributed by atoms with Crippen LogP contribution in [0.5, 0.6) is 0 Å². The summed E-state index contributed by atoms with van der Waals surface area (Å²) < 4.78 is 5.47. The highest BCUT2D eigenvalue weighted by Crippen LogP contribution is 2.18. The minimum Gasteiger partial charge on any atom is -0.466 e. The normalized spacial score (nSPS) is 12.7. The number of hydrogen-bond donors (Lipinski definition) is 3. The van der Waals surface area contributed by atoms with Crippen molar-refractivity contribution in [1.82, 2.24) is 5.32 Å². The molecule has 0 spiro atoms. The highest BCUT2D eigenvalue weighted by Gasteiger charge is 2.20. The summed E-state index contributed by atoms with van der Waals surface area (Å²) in [5, 5.41) is 23.3. The number of unbranched alkanes of at least 4 members (excludes halogenated alkanes) is 48. The summed E-state index contributed by atoms with van der Waals surface area (Å²) in [6.07, 6.45) is 84.9. The highest BCUT2D eigenvalue weighted by molar-refractivity contribution is 5.76. The molecule has 1 amide bonds. The summed E-state index contributed by atoms with van der Waals surface area (Å²) in [7, 11) is 0.